The van der Waals surface area contributed by atoms with E-state index in [0.717, 1.165) is 5.56 Å². The van der Waals surface area contributed by atoms with E-state index in [1.54, 1.807) is 19.1 Å². The molecule has 0 aromatic heterocycles. The minimum absolute atomic E-state index is 0.127. The summed E-state index contributed by atoms with van der Waals surface area (Å²) in [6.07, 6.45) is 0. The molecule has 0 aliphatic carbocycles. The summed E-state index contributed by atoms with van der Waals surface area (Å²) >= 11 is 0. The van der Waals surface area contributed by atoms with Crippen molar-refractivity contribution in [2.75, 3.05) is 0 Å². The van der Waals surface area contributed by atoms with Gasteiger partial charge < -0.3 is 4.74 Å². The number of rotatable bonds is 4. The van der Waals surface area contributed by atoms with Crippen molar-refractivity contribution in [3.05, 3.63) is 58.7 Å². The molecular formula is C16H19NO3S. The lowest BCUT2D eigenvalue weighted by Gasteiger charge is -2.12. The van der Waals surface area contributed by atoms with Gasteiger partial charge in [-0.05, 0) is 61.2 Å². The van der Waals surface area contributed by atoms with Crippen LogP contribution in [-0.2, 0) is 16.6 Å². The molecule has 0 saturated heterocycles. The molecule has 0 fully saturated rings. The van der Waals surface area contributed by atoms with Crippen molar-refractivity contribution in [2.24, 2.45) is 5.14 Å². The van der Waals surface area contributed by atoms with E-state index in [-0.39, 0.29) is 4.90 Å². The maximum atomic E-state index is 11.4. The van der Waals surface area contributed by atoms with E-state index >= 15 is 0 Å². The lowest BCUT2D eigenvalue weighted by atomic mass is 10.0. The van der Waals surface area contributed by atoms with Crippen molar-refractivity contribution < 1.29 is 13.2 Å². The summed E-state index contributed by atoms with van der Waals surface area (Å²) in [5, 5.41) is 5.14. The predicted octanol–water partition coefficient (Wildman–Crippen LogP) is 2.84. The van der Waals surface area contributed by atoms with Crippen molar-refractivity contribution >= 4 is 10.0 Å². The molecule has 0 unspecified atom stereocenters. The lowest BCUT2D eigenvalue weighted by Crippen LogP contribution is -2.13. The molecule has 2 aromatic rings. The fourth-order valence-electron chi connectivity index (χ4n) is 2.26. The average Bonchev–Trinajstić information content (AvgIpc) is 2.36. The molecule has 2 rings (SSSR count). The van der Waals surface area contributed by atoms with Gasteiger partial charge in [0.05, 0.1) is 4.90 Å². The number of benzene rings is 2. The van der Waals surface area contributed by atoms with Crippen LogP contribution in [-0.4, -0.2) is 8.42 Å². The molecule has 0 aliphatic rings. The van der Waals surface area contributed by atoms with Crippen LogP contribution in [0.1, 0.15) is 22.3 Å². The second-order valence-electron chi connectivity index (χ2n) is 5.13. The molecule has 4 nitrogen and oxygen atoms in total. The Morgan fingerprint density at radius 2 is 1.62 bits per heavy atom. The van der Waals surface area contributed by atoms with E-state index < -0.39 is 10.0 Å². The third-order valence-corrected chi connectivity index (χ3v) is 4.55. The molecule has 0 amide bonds. The van der Waals surface area contributed by atoms with Crippen LogP contribution in [0.2, 0.25) is 0 Å². The van der Waals surface area contributed by atoms with Gasteiger partial charge in [-0.1, -0.05) is 18.2 Å². The Kier molecular flexibility index (Phi) is 4.34. The quantitative estimate of drug-likeness (QED) is 0.944. The number of primary sulfonamides is 1. The van der Waals surface area contributed by atoms with E-state index in [9.17, 15) is 8.42 Å². The molecule has 0 atom stereocenters. The molecule has 5 heteroatoms. The Morgan fingerprint density at radius 1 is 1.00 bits per heavy atom. The van der Waals surface area contributed by atoms with Crippen LogP contribution >= 0.6 is 0 Å². The zero-order chi connectivity index (χ0) is 15.6. The fourth-order valence-corrected chi connectivity index (χ4v) is 3.03. The van der Waals surface area contributed by atoms with Crippen LogP contribution in [0.5, 0.6) is 5.75 Å². The highest BCUT2D eigenvalue weighted by Gasteiger charge is 2.12. The average molecular weight is 305 g/mol. The first kappa shape index (κ1) is 15.5. The lowest BCUT2D eigenvalue weighted by molar-refractivity contribution is 0.304. The van der Waals surface area contributed by atoms with Gasteiger partial charge in [0.1, 0.15) is 12.4 Å². The highest BCUT2D eigenvalue weighted by atomic mass is 32.2. The minimum Gasteiger partial charge on any atom is -0.489 e. The standard InChI is InChI=1S/C16H19NO3S/c1-11-5-4-6-12(2)15(11)10-20-14-7-8-16(13(3)9-14)21(17,18)19/h4-9H,10H2,1-3H3,(H2,17,18,19). The van der Waals surface area contributed by atoms with Gasteiger partial charge in [-0.2, -0.15) is 0 Å². The Balaban J connectivity index is 2.20. The van der Waals surface area contributed by atoms with Crippen molar-refractivity contribution in [1.29, 1.82) is 0 Å². The van der Waals surface area contributed by atoms with Gasteiger partial charge >= 0.3 is 0 Å². The second-order valence-corrected chi connectivity index (χ2v) is 6.66. The van der Waals surface area contributed by atoms with Gasteiger partial charge in [0.2, 0.25) is 10.0 Å². The van der Waals surface area contributed by atoms with Crippen LogP contribution < -0.4 is 9.88 Å². The Morgan fingerprint density at radius 3 is 2.14 bits per heavy atom. The van der Waals surface area contributed by atoms with E-state index in [1.807, 2.05) is 32.0 Å². The van der Waals surface area contributed by atoms with Crippen LogP contribution in [0, 0.1) is 20.8 Å². The van der Waals surface area contributed by atoms with Crippen LogP contribution in [0.3, 0.4) is 0 Å². The summed E-state index contributed by atoms with van der Waals surface area (Å²) in [5.74, 6) is 0.627. The van der Waals surface area contributed by atoms with Crippen molar-refractivity contribution in [3.8, 4) is 5.75 Å². The predicted molar refractivity (Wildman–Crippen MR) is 82.8 cm³/mol. The molecule has 0 radical (unpaired) electrons. The third-order valence-electron chi connectivity index (χ3n) is 3.48. The molecule has 0 spiro atoms. The molecular weight excluding hydrogens is 286 g/mol. The van der Waals surface area contributed by atoms with E-state index in [4.69, 9.17) is 9.88 Å². The van der Waals surface area contributed by atoms with Crippen molar-refractivity contribution in [1.82, 2.24) is 0 Å². The molecule has 21 heavy (non-hydrogen) atoms. The summed E-state index contributed by atoms with van der Waals surface area (Å²) in [4.78, 5) is 0.127. The zero-order valence-corrected chi connectivity index (χ0v) is 13.2. The summed E-state index contributed by atoms with van der Waals surface area (Å²) in [5.41, 5.74) is 4.07. The Labute approximate surface area is 125 Å². The van der Waals surface area contributed by atoms with Crippen molar-refractivity contribution in [3.63, 3.8) is 0 Å². The molecule has 0 heterocycles. The van der Waals surface area contributed by atoms with E-state index in [2.05, 4.69) is 0 Å². The monoisotopic (exact) mass is 305 g/mol. The summed E-state index contributed by atoms with van der Waals surface area (Å²) in [7, 11) is -3.69. The maximum absolute atomic E-state index is 11.4. The van der Waals surface area contributed by atoms with Gasteiger partial charge in [0.15, 0.2) is 0 Å². The third kappa shape index (κ3) is 3.62. The number of sulfonamides is 1. The minimum atomic E-state index is -3.69. The number of ether oxygens (including phenoxy) is 1. The fraction of sp³-hybridized carbons (Fsp3) is 0.250. The Bertz CT molecular complexity index is 747. The van der Waals surface area contributed by atoms with Crippen LogP contribution in [0.4, 0.5) is 0 Å². The molecule has 2 N–H and O–H groups in total. The second kappa shape index (κ2) is 5.87. The summed E-state index contributed by atoms with van der Waals surface area (Å²) < 4.78 is 28.5. The number of hydrogen-bond acceptors (Lipinski definition) is 3. The van der Waals surface area contributed by atoms with E-state index in [0.29, 0.717) is 17.9 Å². The zero-order valence-electron chi connectivity index (χ0n) is 12.4. The van der Waals surface area contributed by atoms with Crippen molar-refractivity contribution in [2.45, 2.75) is 32.3 Å². The first-order chi connectivity index (χ1) is 9.79. The SMILES string of the molecule is Cc1cc(OCc2c(C)cccc2C)ccc1S(N)(=O)=O. The van der Waals surface area contributed by atoms with Gasteiger partial charge in [0, 0.05) is 0 Å². The topological polar surface area (TPSA) is 69.4 Å². The molecule has 0 saturated carbocycles. The number of hydrogen-bond donors (Lipinski definition) is 1. The highest BCUT2D eigenvalue weighted by Crippen LogP contribution is 2.22. The van der Waals surface area contributed by atoms with Gasteiger partial charge in [-0.15, -0.1) is 0 Å². The first-order valence-electron chi connectivity index (χ1n) is 6.60. The van der Waals surface area contributed by atoms with Gasteiger partial charge in [0.25, 0.3) is 0 Å². The summed E-state index contributed by atoms with van der Waals surface area (Å²) in [6, 6.07) is 10.9. The number of aryl methyl sites for hydroxylation is 3. The number of nitrogens with two attached hydrogens (primary N) is 1. The maximum Gasteiger partial charge on any atom is 0.238 e. The molecule has 2 aromatic carbocycles. The molecule has 0 aliphatic heterocycles. The molecule has 0 bridgehead atoms. The van der Waals surface area contributed by atoms with Crippen LogP contribution in [0.15, 0.2) is 41.3 Å². The highest BCUT2D eigenvalue weighted by molar-refractivity contribution is 7.89. The van der Waals surface area contributed by atoms with E-state index in [1.165, 1.54) is 17.2 Å². The normalized spacial score (nSPS) is 11.4. The smallest absolute Gasteiger partial charge is 0.238 e. The first-order valence-corrected chi connectivity index (χ1v) is 8.15. The Hall–Kier alpha value is -1.85. The van der Waals surface area contributed by atoms with Gasteiger partial charge in [-0.25, -0.2) is 13.6 Å². The van der Waals surface area contributed by atoms with Crippen LogP contribution in [0.25, 0.3) is 0 Å². The molecule has 112 valence electrons. The summed E-state index contributed by atoms with van der Waals surface area (Å²) in [6.45, 7) is 6.24. The largest absolute Gasteiger partial charge is 0.489 e. The van der Waals surface area contributed by atoms with Gasteiger partial charge in [-0.3, -0.25) is 0 Å².